The number of hydrogen-bond acceptors (Lipinski definition) is 6. The van der Waals surface area contributed by atoms with Crippen LogP contribution in [0.15, 0.2) is 194 Å². The van der Waals surface area contributed by atoms with Crippen molar-refractivity contribution in [2.45, 2.75) is 0 Å². The first kappa shape index (κ1) is 34.6. The monoisotopic (exact) mass is 800 g/mol. The summed E-state index contributed by atoms with van der Waals surface area (Å²) in [6.07, 6.45) is 0. The number of hydrogen-bond donors (Lipinski definition) is 0. The highest BCUT2D eigenvalue weighted by Crippen LogP contribution is 2.46. The molecule has 0 aliphatic rings. The van der Waals surface area contributed by atoms with Gasteiger partial charge in [-0.15, -0.1) is 22.7 Å². The fourth-order valence-electron chi connectivity index (χ4n) is 8.51. The summed E-state index contributed by atoms with van der Waals surface area (Å²) in [6, 6.07) is 68.5. The first-order chi connectivity index (χ1) is 29.7. The van der Waals surface area contributed by atoms with Crippen molar-refractivity contribution in [3.8, 4) is 67.7 Å². The van der Waals surface area contributed by atoms with Crippen molar-refractivity contribution in [3.05, 3.63) is 194 Å². The maximum Gasteiger partial charge on any atom is 0.164 e. The third-order valence-corrected chi connectivity index (χ3v) is 13.7. The molecule has 0 radical (unpaired) electrons. The lowest BCUT2D eigenvalue weighted by Gasteiger charge is -2.13. The molecule has 280 valence electrons. The van der Waals surface area contributed by atoms with Crippen molar-refractivity contribution in [3.63, 3.8) is 0 Å². The number of rotatable bonds is 6. The minimum atomic E-state index is 0.615. The Morgan fingerprint density at radius 2 is 0.767 bits per heavy atom. The topological polar surface area (TPSA) is 51.6 Å². The maximum atomic E-state index is 5.65. The van der Waals surface area contributed by atoms with Gasteiger partial charge < -0.3 is 0 Å². The van der Waals surface area contributed by atoms with Crippen LogP contribution in [0.2, 0.25) is 0 Å². The lowest BCUT2D eigenvalue weighted by molar-refractivity contribution is 1.07. The molecule has 0 saturated carbocycles. The third-order valence-electron chi connectivity index (χ3n) is 11.3. The van der Waals surface area contributed by atoms with Gasteiger partial charge in [0.25, 0.3) is 0 Å². The van der Waals surface area contributed by atoms with Gasteiger partial charge in [0.05, 0.1) is 15.9 Å². The summed E-state index contributed by atoms with van der Waals surface area (Å²) in [6.45, 7) is 0. The van der Waals surface area contributed by atoms with Crippen LogP contribution in [0.1, 0.15) is 0 Å². The second-order valence-electron chi connectivity index (χ2n) is 14.9. The van der Waals surface area contributed by atoms with Crippen LogP contribution in [0.5, 0.6) is 0 Å². The highest BCUT2D eigenvalue weighted by atomic mass is 32.1. The van der Waals surface area contributed by atoms with Crippen LogP contribution >= 0.6 is 22.7 Å². The molecule has 12 aromatic rings. The molecule has 0 amide bonds. The van der Waals surface area contributed by atoms with Crippen LogP contribution in [-0.4, -0.2) is 19.9 Å². The van der Waals surface area contributed by atoms with E-state index in [-0.39, 0.29) is 0 Å². The number of nitrogens with zero attached hydrogens (tertiary/aromatic N) is 4. The van der Waals surface area contributed by atoms with E-state index in [0.29, 0.717) is 17.5 Å². The Morgan fingerprint density at radius 1 is 0.300 bits per heavy atom. The fraction of sp³-hybridized carbons (Fsp3) is 0. The van der Waals surface area contributed by atoms with E-state index in [1.54, 1.807) is 11.3 Å². The fourth-order valence-corrected chi connectivity index (χ4v) is 11.0. The van der Waals surface area contributed by atoms with Crippen LogP contribution in [0.3, 0.4) is 0 Å². The number of thiophene rings is 2. The van der Waals surface area contributed by atoms with E-state index in [0.717, 1.165) is 54.7 Å². The summed E-state index contributed by atoms with van der Waals surface area (Å²) in [5.41, 5.74) is 10.4. The van der Waals surface area contributed by atoms with E-state index in [4.69, 9.17) is 19.9 Å². The van der Waals surface area contributed by atoms with Gasteiger partial charge in [0.2, 0.25) is 0 Å². The molecule has 4 nitrogen and oxygen atoms in total. The normalized spacial score (nSPS) is 11.7. The molecule has 0 spiro atoms. The molecule has 60 heavy (non-hydrogen) atoms. The Bertz CT molecular complexity index is 3550. The quantitative estimate of drug-likeness (QED) is 0.168. The molecule has 0 aliphatic carbocycles. The van der Waals surface area contributed by atoms with Gasteiger partial charge in [-0.05, 0) is 41.0 Å². The molecule has 6 heteroatoms. The average molecular weight is 801 g/mol. The van der Waals surface area contributed by atoms with Crippen molar-refractivity contribution < 1.29 is 0 Å². The van der Waals surface area contributed by atoms with Gasteiger partial charge in [0.15, 0.2) is 17.5 Å². The van der Waals surface area contributed by atoms with Gasteiger partial charge in [-0.3, -0.25) is 0 Å². The zero-order valence-electron chi connectivity index (χ0n) is 32.1. The lowest BCUT2D eigenvalue weighted by Crippen LogP contribution is -2.00. The summed E-state index contributed by atoms with van der Waals surface area (Å²) in [4.78, 5) is 20.7. The molecule has 4 aromatic heterocycles. The zero-order valence-corrected chi connectivity index (χ0v) is 33.7. The average Bonchev–Trinajstić information content (AvgIpc) is 3.91. The van der Waals surface area contributed by atoms with E-state index in [1.807, 2.05) is 72.0 Å². The van der Waals surface area contributed by atoms with Gasteiger partial charge in [-0.2, -0.15) is 0 Å². The van der Waals surface area contributed by atoms with Crippen molar-refractivity contribution in [1.29, 1.82) is 0 Å². The molecule has 12 rings (SSSR count). The zero-order chi connectivity index (χ0) is 39.6. The molecule has 4 heterocycles. The number of aromatic nitrogens is 4. The summed E-state index contributed by atoms with van der Waals surface area (Å²) in [5, 5.41) is 6.22. The summed E-state index contributed by atoms with van der Waals surface area (Å²) in [5.74, 6) is 1.89. The van der Waals surface area contributed by atoms with Crippen molar-refractivity contribution in [2.24, 2.45) is 0 Å². The smallest absolute Gasteiger partial charge is 0.164 e. The molecule has 0 fully saturated rings. The second kappa shape index (κ2) is 14.2. The van der Waals surface area contributed by atoms with Crippen LogP contribution in [0.25, 0.3) is 119 Å². The number of pyridine rings is 1. The minimum absolute atomic E-state index is 0.615. The molecule has 0 bridgehead atoms. The van der Waals surface area contributed by atoms with Gasteiger partial charge in [0.1, 0.15) is 0 Å². The standard InChI is InChI=1S/C54H32N4S2/c1-3-15-33(16-4-1)52-56-53(34-17-5-2-6-18-34)58-54(57-52)38-22-12-21-37(32-38)48-51-47(43-24-8-10-30-46(43)60-51)44-28-13-25-39(49(44)55-48)35-19-11-20-36(31-35)40-26-14-27-42-41-23-7-9-29-45(41)59-50(40)42/h1-32H. The van der Waals surface area contributed by atoms with Gasteiger partial charge in [-0.1, -0.05) is 170 Å². The molecular weight excluding hydrogens is 769 g/mol. The third kappa shape index (κ3) is 5.80. The van der Waals surface area contributed by atoms with Crippen LogP contribution in [0, 0.1) is 0 Å². The van der Waals surface area contributed by atoms with Crippen molar-refractivity contribution in [2.75, 3.05) is 0 Å². The number of para-hydroxylation sites is 1. The molecule has 0 unspecified atom stereocenters. The van der Waals surface area contributed by atoms with E-state index >= 15 is 0 Å². The molecule has 8 aromatic carbocycles. The molecular formula is C54H32N4S2. The summed E-state index contributed by atoms with van der Waals surface area (Å²) >= 11 is 3.67. The molecule has 0 atom stereocenters. The largest absolute Gasteiger partial charge is 0.246 e. The van der Waals surface area contributed by atoms with E-state index in [1.165, 1.54) is 46.8 Å². The predicted molar refractivity (Wildman–Crippen MR) is 254 cm³/mol. The first-order valence-electron chi connectivity index (χ1n) is 20.0. The Morgan fingerprint density at radius 3 is 1.48 bits per heavy atom. The molecule has 0 N–H and O–H groups in total. The lowest BCUT2D eigenvalue weighted by atomic mass is 9.95. The van der Waals surface area contributed by atoms with Crippen molar-refractivity contribution in [1.82, 2.24) is 19.9 Å². The Balaban J connectivity index is 1.05. The Kier molecular flexibility index (Phi) is 8.18. The number of benzene rings is 8. The second-order valence-corrected chi connectivity index (χ2v) is 17.0. The van der Waals surface area contributed by atoms with Crippen molar-refractivity contribution >= 4 is 73.9 Å². The van der Waals surface area contributed by atoms with E-state index in [9.17, 15) is 0 Å². The Hall–Kier alpha value is -7.38. The van der Waals surface area contributed by atoms with Crippen LogP contribution < -0.4 is 0 Å². The summed E-state index contributed by atoms with van der Waals surface area (Å²) < 4.78 is 5.02. The Labute approximate surface area is 353 Å². The van der Waals surface area contributed by atoms with Gasteiger partial charge >= 0.3 is 0 Å². The summed E-state index contributed by atoms with van der Waals surface area (Å²) in [7, 11) is 0. The molecule has 0 aliphatic heterocycles. The van der Waals surface area contributed by atoms with Crippen LogP contribution in [0.4, 0.5) is 0 Å². The minimum Gasteiger partial charge on any atom is -0.246 e. The SMILES string of the molecule is c1ccc(-c2nc(-c3ccccc3)nc(-c3cccc(-c4nc5c(-c6cccc(-c7cccc8c7sc7ccccc78)c6)cccc5c5c4sc4ccccc45)c3)n2)cc1. The predicted octanol–water partition coefficient (Wildman–Crippen LogP) is 15.2. The van der Waals surface area contributed by atoms with Crippen LogP contribution in [-0.2, 0) is 0 Å². The molecule has 0 saturated heterocycles. The highest BCUT2D eigenvalue weighted by molar-refractivity contribution is 7.26. The van der Waals surface area contributed by atoms with E-state index in [2.05, 4.69) is 133 Å². The van der Waals surface area contributed by atoms with Gasteiger partial charge in [0, 0.05) is 68.8 Å². The maximum absolute atomic E-state index is 5.65. The highest BCUT2D eigenvalue weighted by Gasteiger charge is 2.20. The number of fused-ring (bicyclic) bond motifs is 8. The first-order valence-corrected chi connectivity index (χ1v) is 21.6. The van der Waals surface area contributed by atoms with E-state index < -0.39 is 0 Å². The van der Waals surface area contributed by atoms with Gasteiger partial charge in [-0.25, -0.2) is 19.9 Å².